The molecule has 1 unspecified atom stereocenters. The fraction of sp³-hybridized carbons (Fsp3) is 0.375. The van der Waals surface area contributed by atoms with Crippen molar-refractivity contribution in [3.63, 3.8) is 0 Å². The molecular formula is C24H28NO3+. The van der Waals surface area contributed by atoms with Crippen LogP contribution >= 0.6 is 0 Å². The van der Waals surface area contributed by atoms with Crippen LogP contribution in [0.5, 0.6) is 5.75 Å². The Kier molecular flexibility index (Phi) is 5.23. The molecule has 0 saturated carbocycles. The highest BCUT2D eigenvalue weighted by Gasteiger charge is 2.29. The lowest BCUT2D eigenvalue weighted by Crippen LogP contribution is -3.12. The molecule has 2 aromatic carbocycles. The maximum Gasteiger partial charge on any atom is 0.336 e. The van der Waals surface area contributed by atoms with Gasteiger partial charge in [-0.05, 0) is 38.3 Å². The van der Waals surface area contributed by atoms with E-state index in [1.54, 1.807) is 6.07 Å². The first-order chi connectivity index (χ1) is 13.6. The van der Waals surface area contributed by atoms with E-state index in [1.807, 2.05) is 6.92 Å². The number of benzene rings is 2. The summed E-state index contributed by atoms with van der Waals surface area (Å²) in [5.74, 6) is 0.882. The summed E-state index contributed by atoms with van der Waals surface area (Å²) in [4.78, 5) is 13.5. The number of hydrogen-bond donors (Lipinski definition) is 1. The maximum atomic E-state index is 12.1. The highest BCUT2D eigenvalue weighted by Crippen LogP contribution is 2.34. The summed E-state index contributed by atoms with van der Waals surface area (Å²) in [7, 11) is 0. The summed E-state index contributed by atoms with van der Waals surface area (Å²) in [5.41, 5.74) is 4.94. The summed E-state index contributed by atoms with van der Waals surface area (Å²) in [5, 5.41) is 1.06. The normalized spacial score (nSPS) is 17.2. The van der Waals surface area contributed by atoms with E-state index in [0.29, 0.717) is 18.4 Å². The Balaban J connectivity index is 1.74. The van der Waals surface area contributed by atoms with E-state index in [1.165, 1.54) is 16.0 Å². The molecule has 1 aliphatic rings. The third-order valence-electron chi connectivity index (χ3n) is 5.91. The molecule has 0 spiro atoms. The van der Waals surface area contributed by atoms with Crippen LogP contribution in [0.3, 0.4) is 0 Å². The van der Waals surface area contributed by atoms with Gasteiger partial charge in [0.1, 0.15) is 23.9 Å². The van der Waals surface area contributed by atoms with Crippen LogP contribution in [0.1, 0.15) is 55.0 Å². The number of unbranched alkanes of at least 4 members (excludes halogenated alkanes) is 1. The fourth-order valence-electron chi connectivity index (χ4n) is 4.19. The molecule has 2 heterocycles. The van der Waals surface area contributed by atoms with E-state index in [2.05, 4.69) is 50.2 Å². The topological polar surface area (TPSA) is 43.9 Å². The number of fused-ring (bicyclic) bond motifs is 2. The second-order valence-electron chi connectivity index (χ2n) is 7.82. The first-order valence-corrected chi connectivity index (χ1v) is 10.2. The van der Waals surface area contributed by atoms with Crippen molar-refractivity contribution in [1.82, 2.24) is 0 Å². The summed E-state index contributed by atoms with van der Waals surface area (Å²) in [6.45, 7) is 7.92. The lowest BCUT2D eigenvalue weighted by Gasteiger charge is -2.31. The van der Waals surface area contributed by atoms with Gasteiger partial charge in [0.2, 0.25) is 6.73 Å². The smallest absolute Gasteiger partial charge is 0.336 e. The number of nitrogens with one attached hydrogen (secondary N) is 1. The van der Waals surface area contributed by atoms with E-state index < -0.39 is 0 Å². The van der Waals surface area contributed by atoms with Crippen molar-refractivity contribution in [2.75, 3.05) is 6.73 Å². The van der Waals surface area contributed by atoms with E-state index in [0.717, 1.165) is 48.1 Å². The Labute approximate surface area is 165 Å². The minimum Gasteiger partial charge on any atom is -0.444 e. The van der Waals surface area contributed by atoms with Crippen LogP contribution in [0.15, 0.2) is 51.7 Å². The van der Waals surface area contributed by atoms with Gasteiger partial charge in [-0.15, -0.1) is 0 Å². The molecule has 1 aliphatic heterocycles. The highest BCUT2D eigenvalue weighted by molar-refractivity contribution is 5.86. The van der Waals surface area contributed by atoms with Crippen LogP contribution in [0, 0.1) is 6.92 Å². The minimum atomic E-state index is -0.276. The molecule has 4 rings (SSSR count). The van der Waals surface area contributed by atoms with Crippen molar-refractivity contribution in [2.45, 2.75) is 52.6 Å². The van der Waals surface area contributed by atoms with Crippen molar-refractivity contribution < 1.29 is 14.1 Å². The molecule has 0 fully saturated rings. The van der Waals surface area contributed by atoms with E-state index >= 15 is 0 Å². The number of hydrogen-bond acceptors (Lipinski definition) is 3. The predicted molar refractivity (Wildman–Crippen MR) is 111 cm³/mol. The molecule has 2 atom stereocenters. The standard InChI is InChI=1S/C24H27NO3/c1-4-5-9-19-13-22(26)28-24-16(2)23-20(12-21(19)24)14-25(15-27-23)17(3)18-10-7-6-8-11-18/h6-8,10-13,17H,4-5,9,14-15H2,1-3H3/p+1/t17-/m0/s1. The van der Waals surface area contributed by atoms with Crippen molar-refractivity contribution in [2.24, 2.45) is 0 Å². The van der Waals surface area contributed by atoms with E-state index in [9.17, 15) is 4.79 Å². The van der Waals surface area contributed by atoms with E-state index in [-0.39, 0.29) is 5.63 Å². The number of rotatable bonds is 5. The fourth-order valence-corrected chi connectivity index (χ4v) is 4.19. The van der Waals surface area contributed by atoms with Gasteiger partial charge in [0.25, 0.3) is 0 Å². The molecule has 0 saturated heterocycles. The van der Waals surface area contributed by atoms with Gasteiger partial charge in [0.05, 0.1) is 0 Å². The minimum absolute atomic E-state index is 0.276. The lowest BCUT2D eigenvalue weighted by molar-refractivity contribution is -0.960. The van der Waals surface area contributed by atoms with Gasteiger partial charge in [-0.2, -0.15) is 0 Å². The molecule has 0 aliphatic carbocycles. The van der Waals surface area contributed by atoms with Crippen molar-refractivity contribution >= 4 is 11.0 Å². The summed E-state index contributed by atoms with van der Waals surface area (Å²) in [6, 6.07) is 14.8. The molecule has 28 heavy (non-hydrogen) atoms. The van der Waals surface area contributed by atoms with Crippen LogP contribution in [0.4, 0.5) is 0 Å². The van der Waals surface area contributed by atoms with Gasteiger partial charge >= 0.3 is 5.63 Å². The first-order valence-electron chi connectivity index (χ1n) is 10.2. The molecule has 3 aromatic rings. The molecule has 1 N–H and O–H groups in total. The second kappa shape index (κ2) is 7.80. The summed E-state index contributed by atoms with van der Waals surface area (Å²) >= 11 is 0. The first kappa shape index (κ1) is 18.8. The SMILES string of the molecule is CCCCc1cc(=O)oc2c(C)c3c(cc12)C[NH+]([C@@H](C)c1ccccc1)CO3. The van der Waals surface area contributed by atoms with Crippen LogP contribution in [0.2, 0.25) is 0 Å². The molecule has 0 bridgehead atoms. The average molecular weight is 378 g/mol. The van der Waals surface area contributed by atoms with Gasteiger partial charge in [-0.3, -0.25) is 4.90 Å². The molecule has 4 nitrogen and oxygen atoms in total. The molecule has 146 valence electrons. The van der Waals surface area contributed by atoms with Crippen molar-refractivity contribution in [3.05, 3.63) is 75.1 Å². The predicted octanol–water partition coefficient (Wildman–Crippen LogP) is 3.94. The molecule has 0 amide bonds. The van der Waals surface area contributed by atoms with Crippen molar-refractivity contribution in [1.29, 1.82) is 0 Å². The number of aryl methyl sites for hydroxylation is 2. The zero-order chi connectivity index (χ0) is 19.7. The van der Waals surface area contributed by atoms with Gasteiger partial charge in [0, 0.05) is 28.1 Å². The quantitative estimate of drug-likeness (QED) is 0.684. The van der Waals surface area contributed by atoms with E-state index in [4.69, 9.17) is 9.15 Å². The Morgan fingerprint density at radius 3 is 2.71 bits per heavy atom. The molecule has 4 heteroatoms. The monoisotopic (exact) mass is 378 g/mol. The maximum absolute atomic E-state index is 12.1. The summed E-state index contributed by atoms with van der Waals surface area (Å²) < 4.78 is 11.8. The number of ether oxygens (including phenoxy) is 1. The lowest BCUT2D eigenvalue weighted by atomic mass is 9.97. The highest BCUT2D eigenvalue weighted by atomic mass is 16.5. The Bertz CT molecular complexity index is 1040. The third kappa shape index (κ3) is 3.45. The summed E-state index contributed by atoms with van der Waals surface area (Å²) in [6.07, 6.45) is 3.06. The third-order valence-corrected chi connectivity index (χ3v) is 5.91. The molecular weight excluding hydrogens is 350 g/mol. The Hall–Kier alpha value is -2.59. The van der Waals surface area contributed by atoms with Crippen LogP contribution in [-0.4, -0.2) is 6.73 Å². The zero-order valence-corrected chi connectivity index (χ0v) is 16.9. The van der Waals surface area contributed by atoms with Crippen LogP contribution < -0.4 is 15.3 Å². The van der Waals surface area contributed by atoms with Gasteiger partial charge < -0.3 is 9.15 Å². The molecule has 0 radical (unpaired) electrons. The van der Waals surface area contributed by atoms with Crippen LogP contribution in [0.25, 0.3) is 11.0 Å². The second-order valence-corrected chi connectivity index (χ2v) is 7.82. The van der Waals surface area contributed by atoms with Crippen molar-refractivity contribution in [3.8, 4) is 5.75 Å². The van der Waals surface area contributed by atoms with Gasteiger partial charge in [-0.25, -0.2) is 4.79 Å². The zero-order valence-electron chi connectivity index (χ0n) is 16.9. The average Bonchev–Trinajstić information content (AvgIpc) is 2.72. The Morgan fingerprint density at radius 1 is 1.18 bits per heavy atom. The van der Waals surface area contributed by atoms with Gasteiger partial charge in [-0.1, -0.05) is 43.7 Å². The largest absolute Gasteiger partial charge is 0.444 e. The van der Waals surface area contributed by atoms with Crippen LogP contribution in [-0.2, 0) is 13.0 Å². The Morgan fingerprint density at radius 2 is 1.96 bits per heavy atom. The number of quaternary nitrogens is 1. The van der Waals surface area contributed by atoms with Gasteiger partial charge in [0.15, 0.2) is 0 Å². The molecule has 1 aromatic heterocycles.